The molecule has 1 fully saturated rings. The molecule has 1 aliphatic heterocycles. The van der Waals surface area contributed by atoms with Crippen LogP contribution in [0.4, 0.5) is 13.2 Å². The average molecular weight is 338 g/mol. The quantitative estimate of drug-likeness (QED) is 0.860. The monoisotopic (exact) mass is 338 g/mol. The van der Waals surface area contributed by atoms with E-state index in [1.165, 1.54) is 19.1 Å². The Balaban J connectivity index is 1.85. The number of hydrogen-bond acceptors (Lipinski definition) is 2. The van der Waals surface area contributed by atoms with Crippen molar-refractivity contribution in [2.24, 2.45) is 5.92 Å². The second-order valence-electron chi connectivity index (χ2n) is 6.06. The molecule has 0 radical (unpaired) electrons. The SMILES string of the molecule is CC(=O)NC[C@H]1CCCN(CC#Cc2ccc(C(F)(F)F)cc2)C1. The van der Waals surface area contributed by atoms with E-state index < -0.39 is 11.7 Å². The van der Waals surface area contributed by atoms with Crippen LogP contribution in [-0.4, -0.2) is 37.0 Å². The Kier molecular flexibility index (Phi) is 6.27. The lowest BCUT2D eigenvalue weighted by molar-refractivity contribution is -0.137. The van der Waals surface area contributed by atoms with Crippen LogP contribution < -0.4 is 5.32 Å². The van der Waals surface area contributed by atoms with Crippen LogP contribution in [0.1, 0.15) is 30.9 Å². The van der Waals surface area contributed by atoms with Gasteiger partial charge in [-0.3, -0.25) is 9.69 Å². The van der Waals surface area contributed by atoms with Crippen molar-refractivity contribution in [2.45, 2.75) is 25.9 Å². The largest absolute Gasteiger partial charge is 0.416 e. The highest BCUT2D eigenvalue weighted by molar-refractivity contribution is 5.72. The molecule has 0 spiro atoms. The van der Waals surface area contributed by atoms with Crippen molar-refractivity contribution in [1.29, 1.82) is 0 Å². The Bertz CT molecular complexity index is 614. The van der Waals surface area contributed by atoms with Gasteiger partial charge in [-0.15, -0.1) is 0 Å². The summed E-state index contributed by atoms with van der Waals surface area (Å²) in [6.07, 6.45) is -2.17. The molecule has 24 heavy (non-hydrogen) atoms. The van der Waals surface area contributed by atoms with Crippen molar-refractivity contribution in [3.63, 3.8) is 0 Å². The topological polar surface area (TPSA) is 32.3 Å². The molecular formula is C18H21F3N2O. The predicted octanol–water partition coefficient (Wildman–Crippen LogP) is 2.91. The summed E-state index contributed by atoms with van der Waals surface area (Å²) < 4.78 is 37.5. The van der Waals surface area contributed by atoms with Gasteiger partial charge < -0.3 is 5.32 Å². The Morgan fingerprint density at radius 2 is 2.04 bits per heavy atom. The molecule has 3 nitrogen and oxygen atoms in total. The average Bonchev–Trinajstić information content (AvgIpc) is 2.53. The van der Waals surface area contributed by atoms with Gasteiger partial charge in [0.25, 0.3) is 0 Å². The first-order valence-electron chi connectivity index (χ1n) is 7.97. The number of amides is 1. The standard InChI is InChI=1S/C18H21F3N2O/c1-14(24)22-12-16-5-3-11-23(13-16)10-2-4-15-6-8-17(9-7-15)18(19,20)21/h6-9,16H,3,5,10-13H2,1H3,(H,22,24)/t16-/m1/s1. The zero-order valence-corrected chi connectivity index (χ0v) is 13.6. The Morgan fingerprint density at radius 1 is 1.33 bits per heavy atom. The lowest BCUT2D eigenvalue weighted by Gasteiger charge is -2.31. The third-order valence-electron chi connectivity index (χ3n) is 3.99. The second kappa shape index (κ2) is 8.20. The van der Waals surface area contributed by atoms with E-state index in [1.54, 1.807) is 0 Å². The lowest BCUT2D eigenvalue weighted by atomic mass is 9.98. The summed E-state index contributed by atoms with van der Waals surface area (Å²) in [6, 6.07) is 4.89. The van der Waals surface area contributed by atoms with Gasteiger partial charge in [0.05, 0.1) is 12.1 Å². The minimum Gasteiger partial charge on any atom is -0.356 e. The Morgan fingerprint density at radius 3 is 2.67 bits per heavy atom. The smallest absolute Gasteiger partial charge is 0.356 e. The van der Waals surface area contributed by atoms with Crippen LogP contribution in [0.3, 0.4) is 0 Å². The molecule has 0 aromatic heterocycles. The lowest BCUT2D eigenvalue weighted by Crippen LogP contribution is -2.40. The number of likely N-dealkylation sites (tertiary alicyclic amines) is 1. The summed E-state index contributed by atoms with van der Waals surface area (Å²) in [5.74, 6) is 6.34. The molecule has 1 aromatic rings. The number of nitrogens with one attached hydrogen (secondary N) is 1. The molecule has 1 amide bonds. The van der Waals surface area contributed by atoms with Crippen molar-refractivity contribution in [1.82, 2.24) is 10.2 Å². The fourth-order valence-corrected chi connectivity index (χ4v) is 2.75. The van der Waals surface area contributed by atoms with Crippen LogP contribution in [-0.2, 0) is 11.0 Å². The van der Waals surface area contributed by atoms with E-state index >= 15 is 0 Å². The second-order valence-corrected chi connectivity index (χ2v) is 6.06. The van der Waals surface area contributed by atoms with Crippen LogP contribution in [0.5, 0.6) is 0 Å². The summed E-state index contributed by atoms with van der Waals surface area (Å²) in [7, 11) is 0. The van der Waals surface area contributed by atoms with Gasteiger partial charge in [0.1, 0.15) is 0 Å². The fourth-order valence-electron chi connectivity index (χ4n) is 2.75. The number of hydrogen-bond donors (Lipinski definition) is 1. The zero-order valence-electron chi connectivity index (χ0n) is 13.6. The van der Waals surface area contributed by atoms with Gasteiger partial charge in [-0.25, -0.2) is 0 Å². The maximum absolute atomic E-state index is 12.5. The van der Waals surface area contributed by atoms with Gasteiger partial charge in [-0.05, 0) is 49.6 Å². The van der Waals surface area contributed by atoms with E-state index in [2.05, 4.69) is 22.1 Å². The Hall–Kier alpha value is -2.00. The predicted molar refractivity (Wildman–Crippen MR) is 86.2 cm³/mol. The highest BCUT2D eigenvalue weighted by Crippen LogP contribution is 2.28. The number of carbonyl (C=O) groups excluding carboxylic acids is 1. The van der Waals surface area contributed by atoms with E-state index in [9.17, 15) is 18.0 Å². The number of piperidine rings is 1. The fraction of sp³-hybridized carbons (Fsp3) is 0.500. The van der Waals surface area contributed by atoms with Crippen molar-refractivity contribution < 1.29 is 18.0 Å². The summed E-state index contributed by atoms with van der Waals surface area (Å²) >= 11 is 0. The maximum Gasteiger partial charge on any atom is 0.416 e. The van der Waals surface area contributed by atoms with Crippen molar-refractivity contribution >= 4 is 5.91 Å². The zero-order chi connectivity index (χ0) is 17.6. The minimum absolute atomic E-state index is 0.0192. The number of benzene rings is 1. The van der Waals surface area contributed by atoms with Gasteiger partial charge in [0.15, 0.2) is 0 Å². The first-order chi connectivity index (χ1) is 11.3. The molecule has 1 saturated heterocycles. The summed E-state index contributed by atoms with van der Waals surface area (Å²) in [5.41, 5.74) is -0.0836. The molecule has 0 unspecified atom stereocenters. The van der Waals surface area contributed by atoms with Gasteiger partial charge in [0, 0.05) is 25.6 Å². The number of carbonyl (C=O) groups is 1. The van der Waals surface area contributed by atoms with E-state index in [0.29, 0.717) is 24.6 Å². The van der Waals surface area contributed by atoms with Crippen molar-refractivity contribution in [2.75, 3.05) is 26.2 Å². The van der Waals surface area contributed by atoms with Crippen LogP contribution in [0.25, 0.3) is 0 Å². The third kappa shape index (κ3) is 5.89. The Labute approximate surface area is 140 Å². The molecule has 2 rings (SSSR count). The van der Waals surface area contributed by atoms with Crippen molar-refractivity contribution in [3.05, 3.63) is 35.4 Å². The molecule has 1 aliphatic rings. The number of rotatable bonds is 3. The minimum atomic E-state index is -4.32. The van der Waals surface area contributed by atoms with Gasteiger partial charge in [-0.1, -0.05) is 11.8 Å². The molecule has 0 saturated carbocycles. The van der Waals surface area contributed by atoms with Gasteiger partial charge >= 0.3 is 6.18 Å². The number of halogens is 3. The summed E-state index contributed by atoms with van der Waals surface area (Å²) in [5, 5.41) is 2.84. The molecule has 130 valence electrons. The summed E-state index contributed by atoms with van der Waals surface area (Å²) in [6.45, 7) is 4.60. The molecule has 0 aliphatic carbocycles. The summed E-state index contributed by atoms with van der Waals surface area (Å²) in [4.78, 5) is 13.2. The van der Waals surface area contributed by atoms with Gasteiger partial charge in [0.2, 0.25) is 5.91 Å². The molecule has 1 N–H and O–H groups in total. The van der Waals surface area contributed by atoms with Crippen LogP contribution >= 0.6 is 0 Å². The highest BCUT2D eigenvalue weighted by atomic mass is 19.4. The van der Waals surface area contributed by atoms with Crippen LogP contribution in [0.15, 0.2) is 24.3 Å². The van der Waals surface area contributed by atoms with Crippen LogP contribution in [0, 0.1) is 17.8 Å². The van der Waals surface area contributed by atoms with E-state index in [0.717, 1.165) is 38.1 Å². The molecule has 1 atom stereocenters. The normalized spacial score (nSPS) is 18.6. The molecule has 1 heterocycles. The van der Waals surface area contributed by atoms with E-state index in [4.69, 9.17) is 0 Å². The van der Waals surface area contributed by atoms with Crippen molar-refractivity contribution in [3.8, 4) is 11.8 Å². The molecular weight excluding hydrogens is 317 g/mol. The van der Waals surface area contributed by atoms with E-state index in [-0.39, 0.29) is 5.91 Å². The number of nitrogens with zero attached hydrogens (tertiary/aromatic N) is 1. The number of alkyl halides is 3. The van der Waals surface area contributed by atoms with Crippen LogP contribution in [0.2, 0.25) is 0 Å². The molecule has 6 heteroatoms. The molecule has 1 aromatic carbocycles. The highest BCUT2D eigenvalue weighted by Gasteiger charge is 2.29. The molecule has 0 bridgehead atoms. The maximum atomic E-state index is 12.5. The van der Waals surface area contributed by atoms with Gasteiger partial charge in [-0.2, -0.15) is 13.2 Å². The first kappa shape index (κ1) is 18.3. The third-order valence-corrected chi connectivity index (χ3v) is 3.99. The first-order valence-corrected chi connectivity index (χ1v) is 7.97. The van der Waals surface area contributed by atoms with E-state index in [1.807, 2.05) is 0 Å².